The largest absolute Gasteiger partial charge is 0.393 e. The Hall–Kier alpha value is -0.0400. The van der Waals surface area contributed by atoms with E-state index in [2.05, 4.69) is 41.5 Å². The molecule has 1 rings (SSSR count). The Bertz CT molecular complexity index is 190. The molecule has 0 radical (unpaired) electrons. The van der Waals surface area contributed by atoms with Crippen LogP contribution >= 0.6 is 0 Å². The van der Waals surface area contributed by atoms with Crippen molar-refractivity contribution in [3.8, 4) is 0 Å². The van der Waals surface area contributed by atoms with Crippen LogP contribution in [0.3, 0.4) is 0 Å². The molecule has 1 fully saturated rings. The first-order valence-electron chi connectivity index (χ1n) is 5.93. The van der Waals surface area contributed by atoms with Gasteiger partial charge in [0.2, 0.25) is 0 Å². The van der Waals surface area contributed by atoms with Crippen molar-refractivity contribution < 1.29 is 5.11 Å². The first kappa shape index (κ1) is 12.0. The van der Waals surface area contributed by atoms with E-state index in [0.717, 1.165) is 6.42 Å². The lowest BCUT2D eigenvalue weighted by atomic mass is 9.69. The molecule has 14 heavy (non-hydrogen) atoms. The van der Waals surface area contributed by atoms with Gasteiger partial charge in [-0.3, -0.25) is 0 Å². The maximum atomic E-state index is 9.95. The highest BCUT2D eigenvalue weighted by atomic mass is 16.3. The third-order valence-corrected chi connectivity index (χ3v) is 4.06. The van der Waals surface area contributed by atoms with E-state index in [4.69, 9.17) is 0 Å². The van der Waals surface area contributed by atoms with Gasteiger partial charge in [-0.15, -0.1) is 0 Å². The molecule has 0 spiro atoms. The molecule has 0 aromatic heterocycles. The van der Waals surface area contributed by atoms with Crippen molar-refractivity contribution in [3.05, 3.63) is 0 Å². The Labute approximate surface area is 88.9 Å². The van der Waals surface area contributed by atoms with Gasteiger partial charge in [0.25, 0.3) is 0 Å². The predicted molar refractivity (Wildman–Crippen MR) is 61.1 cm³/mol. The Morgan fingerprint density at radius 1 is 1.21 bits per heavy atom. The van der Waals surface area contributed by atoms with Crippen molar-refractivity contribution >= 4 is 0 Å². The van der Waals surface area contributed by atoms with E-state index in [1.807, 2.05) is 0 Å². The minimum atomic E-state index is -0.0772. The summed E-state index contributed by atoms with van der Waals surface area (Å²) in [7, 11) is 0. The van der Waals surface area contributed by atoms with Crippen LogP contribution < -0.4 is 0 Å². The van der Waals surface area contributed by atoms with Gasteiger partial charge in [-0.1, -0.05) is 41.5 Å². The first-order valence-corrected chi connectivity index (χ1v) is 5.93. The van der Waals surface area contributed by atoms with Crippen LogP contribution in [-0.4, -0.2) is 11.2 Å². The Kier molecular flexibility index (Phi) is 3.30. The van der Waals surface area contributed by atoms with Crippen LogP contribution in [0.15, 0.2) is 0 Å². The van der Waals surface area contributed by atoms with Gasteiger partial charge < -0.3 is 5.11 Å². The van der Waals surface area contributed by atoms with Gasteiger partial charge in [0.05, 0.1) is 6.10 Å². The van der Waals surface area contributed by atoms with E-state index in [1.54, 1.807) is 0 Å². The average molecular weight is 198 g/mol. The second kappa shape index (κ2) is 3.84. The molecule has 1 aliphatic carbocycles. The van der Waals surface area contributed by atoms with Gasteiger partial charge in [-0.25, -0.2) is 0 Å². The van der Waals surface area contributed by atoms with E-state index in [9.17, 15) is 5.11 Å². The van der Waals surface area contributed by atoms with E-state index in [1.165, 1.54) is 0 Å². The SMILES string of the molecule is CC(C)C1C(C)C(O)CC1C(C)(C)C. The molecular weight excluding hydrogens is 172 g/mol. The molecule has 0 aromatic rings. The quantitative estimate of drug-likeness (QED) is 0.685. The maximum Gasteiger partial charge on any atom is 0.0571 e. The molecule has 0 saturated heterocycles. The van der Waals surface area contributed by atoms with Gasteiger partial charge in [-0.2, -0.15) is 0 Å². The molecule has 0 bridgehead atoms. The summed E-state index contributed by atoms with van der Waals surface area (Å²) < 4.78 is 0. The molecule has 1 saturated carbocycles. The molecular formula is C13H26O. The fourth-order valence-corrected chi connectivity index (χ4v) is 3.26. The third kappa shape index (κ3) is 2.13. The second-order valence-electron chi connectivity index (χ2n) is 6.46. The summed E-state index contributed by atoms with van der Waals surface area (Å²) in [6, 6.07) is 0. The van der Waals surface area contributed by atoms with E-state index in [-0.39, 0.29) is 6.10 Å². The molecule has 0 aromatic carbocycles. The number of hydrogen-bond acceptors (Lipinski definition) is 1. The Balaban J connectivity index is 2.86. The van der Waals surface area contributed by atoms with Crippen LogP contribution in [0.2, 0.25) is 0 Å². The van der Waals surface area contributed by atoms with Crippen LogP contribution in [0.25, 0.3) is 0 Å². The Morgan fingerprint density at radius 3 is 2.00 bits per heavy atom. The molecule has 0 amide bonds. The molecule has 0 aliphatic heterocycles. The molecule has 1 aliphatic rings. The molecule has 0 heterocycles. The average Bonchev–Trinajstić information content (AvgIpc) is 2.27. The van der Waals surface area contributed by atoms with Gasteiger partial charge in [-0.05, 0) is 35.5 Å². The van der Waals surface area contributed by atoms with E-state index in [0.29, 0.717) is 29.1 Å². The van der Waals surface area contributed by atoms with Crippen LogP contribution in [-0.2, 0) is 0 Å². The summed E-state index contributed by atoms with van der Waals surface area (Å²) in [4.78, 5) is 0. The molecule has 4 unspecified atom stereocenters. The highest BCUT2D eigenvalue weighted by Crippen LogP contribution is 2.49. The molecule has 84 valence electrons. The third-order valence-electron chi connectivity index (χ3n) is 4.06. The standard InChI is InChI=1S/C13H26O/c1-8(2)12-9(3)11(14)7-10(12)13(4,5)6/h8-12,14H,7H2,1-6H3. The smallest absolute Gasteiger partial charge is 0.0571 e. The van der Waals surface area contributed by atoms with E-state index < -0.39 is 0 Å². The summed E-state index contributed by atoms with van der Waals surface area (Å²) in [6.45, 7) is 13.7. The van der Waals surface area contributed by atoms with Crippen molar-refractivity contribution in [2.45, 2.75) is 54.1 Å². The number of aliphatic hydroxyl groups is 1. The highest BCUT2D eigenvalue weighted by Gasteiger charge is 2.45. The monoisotopic (exact) mass is 198 g/mol. The van der Waals surface area contributed by atoms with Crippen LogP contribution in [0.5, 0.6) is 0 Å². The summed E-state index contributed by atoms with van der Waals surface area (Å²) in [5.74, 6) is 2.52. The zero-order valence-electron chi connectivity index (χ0n) is 10.5. The van der Waals surface area contributed by atoms with Crippen molar-refractivity contribution in [3.63, 3.8) is 0 Å². The molecule has 1 heteroatoms. The summed E-state index contributed by atoms with van der Waals surface area (Å²) >= 11 is 0. The summed E-state index contributed by atoms with van der Waals surface area (Å²) in [5, 5.41) is 9.95. The van der Waals surface area contributed by atoms with Gasteiger partial charge >= 0.3 is 0 Å². The van der Waals surface area contributed by atoms with Crippen molar-refractivity contribution in [1.29, 1.82) is 0 Å². The lowest BCUT2D eigenvalue weighted by molar-refractivity contribution is 0.112. The van der Waals surface area contributed by atoms with Crippen LogP contribution in [0.1, 0.15) is 48.0 Å². The van der Waals surface area contributed by atoms with Gasteiger partial charge in [0.15, 0.2) is 0 Å². The summed E-state index contributed by atoms with van der Waals surface area (Å²) in [5.41, 5.74) is 0.334. The molecule has 4 atom stereocenters. The zero-order chi connectivity index (χ0) is 11.1. The lowest BCUT2D eigenvalue weighted by Gasteiger charge is -2.35. The zero-order valence-corrected chi connectivity index (χ0v) is 10.5. The Morgan fingerprint density at radius 2 is 1.71 bits per heavy atom. The minimum Gasteiger partial charge on any atom is -0.393 e. The van der Waals surface area contributed by atoms with Gasteiger partial charge in [0, 0.05) is 0 Å². The van der Waals surface area contributed by atoms with Gasteiger partial charge in [0.1, 0.15) is 0 Å². The second-order valence-corrected chi connectivity index (χ2v) is 6.46. The molecule has 1 N–H and O–H groups in total. The fraction of sp³-hybridized carbons (Fsp3) is 1.00. The maximum absolute atomic E-state index is 9.95. The first-order chi connectivity index (χ1) is 6.25. The number of aliphatic hydroxyl groups excluding tert-OH is 1. The topological polar surface area (TPSA) is 20.2 Å². The van der Waals surface area contributed by atoms with E-state index >= 15 is 0 Å². The normalized spacial score (nSPS) is 39.4. The predicted octanol–water partition coefficient (Wildman–Crippen LogP) is 3.32. The lowest BCUT2D eigenvalue weighted by Crippen LogP contribution is -2.29. The van der Waals surface area contributed by atoms with Crippen LogP contribution in [0, 0.1) is 29.1 Å². The number of hydrogen-bond donors (Lipinski definition) is 1. The fourth-order valence-electron chi connectivity index (χ4n) is 3.26. The minimum absolute atomic E-state index is 0.0772. The highest BCUT2D eigenvalue weighted by molar-refractivity contribution is 4.94. The van der Waals surface area contributed by atoms with Crippen LogP contribution in [0.4, 0.5) is 0 Å². The van der Waals surface area contributed by atoms with Crippen molar-refractivity contribution in [2.75, 3.05) is 0 Å². The number of rotatable bonds is 1. The molecule has 1 nitrogen and oxygen atoms in total. The van der Waals surface area contributed by atoms with Crippen molar-refractivity contribution in [2.24, 2.45) is 29.1 Å². The van der Waals surface area contributed by atoms with Crippen molar-refractivity contribution in [1.82, 2.24) is 0 Å². The summed E-state index contributed by atoms with van der Waals surface area (Å²) in [6.07, 6.45) is 0.916.